The lowest BCUT2D eigenvalue weighted by atomic mass is 10.1. The summed E-state index contributed by atoms with van der Waals surface area (Å²) in [6.45, 7) is 3.77. The third-order valence-corrected chi connectivity index (χ3v) is 2.30. The van der Waals surface area contributed by atoms with Crippen molar-refractivity contribution < 1.29 is 9.18 Å². The molecule has 3 nitrogen and oxygen atoms in total. The first-order valence-corrected chi connectivity index (χ1v) is 5.36. The molecular formula is C12H17FN2O. The van der Waals surface area contributed by atoms with Gasteiger partial charge >= 0.3 is 0 Å². The number of anilines is 1. The van der Waals surface area contributed by atoms with Crippen LogP contribution in [0.1, 0.15) is 25.3 Å². The fourth-order valence-electron chi connectivity index (χ4n) is 1.60. The molecule has 0 aromatic heterocycles. The Kier molecular flexibility index (Phi) is 4.28. The number of nitrogens with one attached hydrogen (secondary N) is 1. The molecule has 0 spiro atoms. The zero-order valence-corrected chi connectivity index (χ0v) is 9.59. The summed E-state index contributed by atoms with van der Waals surface area (Å²) in [6, 6.07) is 4.14. The van der Waals surface area contributed by atoms with E-state index in [0.29, 0.717) is 12.1 Å². The van der Waals surface area contributed by atoms with Crippen LogP contribution in [0.25, 0.3) is 0 Å². The average Bonchev–Trinajstić information content (AvgIpc) is 2.15. The quantitative estimate of drug-likeness (QED) is 0.805. The van der Waals surface area contributed by atoms with E-state index in [1.54, 1.807) is 13.0 Å². The maximum atomic E-state index is 13.1. The van der Waals surface area contributed by atoms with Crippen LogP contribution in [-0.4, -0.2) is 11.9 Å². The fraction of sp³-hybridized carbons (Fsp3) is 0.417. The van der Waals surface area contributed by atoms with Crippen LogP contribution in [0.5, 0.6) is 0 Å². The molecular weight excluding hydrogens is 207 g/mol. The first-order chi connectivity index (χ1) is 7.52. The molecule has 1 unspecified atom stereocenters. The number of nitrogens with two attached hydrogens (primary N) is 1. The molecule has 1 amide bonds. The van der Waals surface area contributed by atoms with Crippen molar-refractivity contribution >= 4 is 11.6 Å². The summed E-state index contributed by atoms with van der Waals surface area (Å²) in [4.78, 5) is 11.1. The van der Waals surface area contributed by atoms with Crippen molar-refractivity contribution in [3.63, 3.8) is 0 Å². The summed E-state index contributed by atoms with van der Waals surface area (Å²) in [6.07, 6.45) is 1.49. The van der Waals surface area contributed by atoms with Crippen molar-refractivity contribution in [3.05, 3.63) is 29.6 Å². The summed E-state index contributed by atoms with van der Waals surface area (Å²) in [7, 11) is 0. The smallest absolute Gasteiger partial charge is 0.239 e. The highest BCUT2D eigenvalue weighted by atomic mass is 19.1. The van der Waals surface area contributed by atoms with Gasteiger partial charge in [-0.15, -0.1) is 0 Å². The van der Waals surface area contributed by atoms with E-state index in [4.69, 9.17) is 5.73 Å². The molecule has 1 aromatic carbocycles. The van der Waals surface area contributed by atoms with E-state index in [2.05, 4.69) is 5.32 Å². The highest BCUT2D eigenvalue weighted by Crippen LogP contribution is 2.15. The molecule has 3 N–H and O–H groups in total. The molecule has 0 aliphatic heterocycles. The minimum atomic E-state index is -0.439. The molecule has 0 radical (unpaired) electrons. The summed E-state index contributed by atoms with van der Waals surface area (Å²) in [5.74, 6) is -0.731. The van der Waals surface area contributed by atoms with Gasteiger partial charge in [0.1, 0.15) is 11.9 Å². The number of primary amides is 1. The number of halogens is 1. The Morgan fingerprint density at radius 1 is 1.50 bits per heavy atom. The highest BCUT2D eigenvalue weighted by Gasteiger charge is 2.13. The zero-order chi connectivity index (χ0) is 12.1. The molecule has 0 saturated carbocycles. The minimum absolute atomic E-state index is 0.317. The van der Waals surface area contributed by atoms with Gasteiger partial charge in [0.15, 0.2) is 0 Å². The summed E-state index contributed by atoms with van der Waals surface area (Å²) >= 11 is 0. The summed E-state index contributed by atoms with van der Waals surface area (Å²) in [5.41, 5.74) is 6.65. The van der Waals surface area contributed by atoms with Crippen LogP contribution in [0.3, 0.4) is 0 Å². The van der Waals surface area contributed by atoms with Crippen molar-refractivity contribution in [2.24, 2.45) is 5.73 Å². The largest absolute Gasteiger partial charge is 0.374 e. The van der Waals surface area contributed by atoms with Gasteiger partial charge in [-0.3, -0.25) is 4.79 Å². The highest BCUT2D eigenvalue weighted by molar-refractivity contribution is 5.82. The van der Waals surface area contributed by atoms with Crippen LogP contribution in [0.15, 0.2) is 18.2 Å². The molecule has 88 valence electrons. The van der Waals surface area contributed by atoms with Crippen molar-refractivity contribution in [2.75, 3.05) is 5.32 Å². The van der Waals surface area contributed by atoms with Crippen LogP contribution < -0.4 is 11.1 Å². The van der Waals surface area contributed by atoms with Crippen molar-refractivity contribution in [2.45, 2.75) is 32.7 Å². The van der Waals surface area contributed by atoms with Gasteiger partial charge in [0.2, 0.25) is 5.91 Å². The summed E-state index contributed by atoms with van der Waals surface area (Å²) < 4.78 is 13.1. The number of rotatable bonds is 5. The predicted octanol–water partition coefficient (Wildman–Crippen LogP) is 2.20. The van der Waals surface area contributed by atoms with Gasteiger partial charge in [-0.2, -0.15) is 0 Å². The van der Waals surface area contributed by atoms with E-state index >= 15 is 0 Å². The van der Waals surface area contributed by atoms with Gasteiger partial charge in [-0.05, 0) is 37.1 Å². The number of amides is 1. The van der Waals surface area contributed by atoms with Gasteiger partial charge in [-0.1, -0.05) is 13.3 Å². The first kappa shape index (κ1) is 12.5. The Morgan fingerprint density at radius 3 is 2.69 bits per heavy atom. The SMILES string of the molecule is CCCC(Nc1cc(C)cc(F)c1)C(N)=O. The molecule has 0 bridgehead atoms. The van der Waals surface area contributed by atoms with Crippen LogP contribution in [0, 0.1) is 12.7 Å². The molecule has 1 aromatic rings. The standard InChI is InChI=1S/C12H17FN2O/c1-3-4-11(12(14)16)15-10-6-8(2)5-9(13)7-10/h5-7,11,15H,3-4H2,1-2H3,(H2,14,16). The second-order valence-corrected chi connectivity index (χ2v) is 3.91. The first-order valence-electron chi connectivity index (χ1n) is 5.36. The van der Waals surface area contributed by atoms with Gasteiger partial charge in [0.05, 0.1) is 0 Å². The van der Waals surface area contributed by atoms with Crippen LogP contribution in [-0.2, 0) is 4.79 Å². The maximum Gasteiger partial charge on any atom is 0.239 e. The Balaban J connectivity index is 2.80. The third kappa shape index (κ3) is 3.53. The van der Waals surface area contributed by atoms with Crippen LogP contribution >= 0.6 is 0 Å². The number of benzene rings is 1. The predicted molar refractivity (Wildman–Crippen MR) is 62.7 cm³/mol. The Hall–Kier alpha value is -1.58. The molecule has 0 heterocycles. The van der Waals surface area contributed by atoms with E-state index < -0.39 is 11.9 Å². The molecule has 0 aliphatic carbocycles. The van der Waals surface area contributed by atoms with Crippen molar-refractivity contribution in [1.82, 2.24) is 0 Å². The Labute approximate surface area is 94.8 Å². The monoisotopic (exact) mass is 224 g/mol. The molecule has 0 fully saturated rings. The number of hydrogen-bond acceptors (Lipinski definition) is 2. The van der Waals surface area contributed by atoms with Crippen LogP contribution in [0.2, 0.25) is 0 Å². The number of carbonyl (C=O) groups is 1. The zero-order valence-electron chi connectivity index (χ0n) is 9.59. The fourth-order valence-corrected chi connectivity index (χ4v) is 1.60. The van der Waals surface area contributed by atoms with Gasteiger partial charge < -0.3 is 11.1 Å². The normalized spacial score (nSPS) is 12.2. The average molecular weight is 224 g/mol. The van der Waals surface area contributed by atoms with Crippen molar-refractivity contribution in [1.29, 1.82) is 0 Å². The molecule has 1 atom stereocenters. The lowest BCUT2D eigenvalue weighted by molar-refractivity contribution is -0.118. The Morgan fingerprint density at radius 2 is 2.19 bits per heavy atom. The van der Waals surface area contributed by atoms with E-state index in [9.17, 15) is 9.18 Å². The van der Waals surface area contributed by atoms with Gasteiger partial charge in [0.25, 0.3) is 0 Å². The molecule has 0 aliphatic rings. The Bertz CT molecular complexity index is 359. The molecule has 4 heteroatoms. The minimum Gasteiger partial charge on any atom is -0.374 e. The second-order valence-electron chi connectivity index (χ2n) is 3.91. The molecule has 0 saturated heterocycles. The maximum absolute atomic E-state index is 13.1. The lowest BCUT2D eigenvalue weighted by Gasteiger charge is -2.16. The van der Waals surface area contributed by atoms with E-state index in [0.717, 1.165) is 12.0 Å². The van der Waals surface area contributed by atoms with Gasteiger partial charge in [0, 0.05) is 5.69 Å². The number of carbonyl (C=O) groups excluding carboxylic acids is 1. The lowest BCUT2D eigenvalue weighted by Crippen LogP contribution is -2.35. The van der Waals surface area contributed by atoms with Crippen LogP contribution in [0.4, 0.5) is 10.1 Å². The topological polar surface area (TPSA) is 55.1 Å². The second kappa shape index (κ2) is 5.49. The van der Waals surface area contributed by atoms with E-state index in [1.807, 2.05) is 6.92 Å². The molecule has 16 heavy (non-hydrogen) atoms. The van der Waals surface area contributed by atoms with Gasteiger partial charge in [-0.25, -0.2) is 4.39 Å². The number of aryl methyl sites for hydroxylation is 1. The van der Waals surface area contributed by atoms with Crippen molar-refractivity contribution in [3.8, 4) is 0 Å². The summed E-state index contributed by atoms with van der Waals surface area (Å²) in [5, 5.41) is 2.95. The molecule has 1 rings (SSSR count). The third-order valence-electron chi connectivity index (χ3n) is 2.30. The van der Waals surface area contributed by atoms with E-state index in [1.165, 1.54) is 12.1 Å². The number of hydrogen-bond donors (Lipinski definition) is 2. The van der Waals surface area contributed by atoms with E-state index in [-0.39, 0.29) is 5.82 Å².